The lowest BCUT2D eigenvalue weighted by Gasteiger charge is -2.42. The SMILES string of the molecule is COCOc1cc(-c2cnnc(OC)c2)ccc1-c1ccc(N(C)[C@@H]2C[C@H]3CC(F)(F)[C@@H](C2)N3C(=O)OC(C)(C)C)nn1. The van der Waals surface area contributed by atoms with Crippen molar-refractivity contribution in [2.45, 2.75) is 69.7 Å². The van der Waals surface area contributed by atoms with E-state index in [1.807, 2.05) is 36.2 Å². The first-order valence-electron chi connectivity index (χ1n) is 14.0. The van der Waals surface area contributed by atoms with Crippen molar-refractivity contribution in [2.24, 2.45) is 0 Å². The number of hydrogen-bond acceptors (Lipinski definition) is 10. The molecule has 43 heavy (non-hydrogen) atoms. The Morgan fingerprint density at radius 2 is 1.86 bits per heavy atom. The van der Waals surface area contributed by atoms with E-state index in [4.69, 9.17) is 18.9 Å². The average Bonchev–Trinajstić information content (AvgIpc) is 3.14. The number of ether oxygens (including phenoxy) is 4. The number of benzene rings is 1. The smallest absolute Gasteiger partial charge is 0.411 e. The van der Waals surface area contributed by atoms with E-state index in [0.717, 1.165) is 11.1 Å². The molecule has 2 aromatic heterocycles. The Balaban J connectivity index is 1.35. The Hall–Kier alpha value is -4.13. The number of carbonyl (C=O) groups excluding carboxylic acids is 1. The largest absolute Gasteiger partial charge is 0.480 e. The van der Waals surface area contributed by atoms with E-state index in [2.05, 4.69) is 20.4 Å². The Labute approximate surface area is 249 Å². The van der Waals surface area contributed by atoms with E-state index in [0.29, 0.717) is 35.1 Å². The maximum Gasteiger partial charge on any atom is 0.411 e. The van der Waals surface area contributed by atoms with Crippen LogP contribution in [0.15, 0.2) is 42.6 Å². The summed E-state index contributed by atoms with van der Waals surface area (Å²) in [6.45, 7) is 5.21. The van der Waals surface area contributed by atoms with Crippen molar-refractivity contribution in [3.8, 4) is 34.0 Å². The maximum atomic E-state index is 15.0. The Bertz CT molecular complexity index is 1450. The minimum atomic E-state index is -2.99. The molecule has 0 radical (unpaired) electrons. The van der Waals surface area contributed by atoms with Crippen LogP contribution in [0.5, 0.6) is 11.6 Å². The number of anilines is 1. The highest BCUT2D eigenvalue weighted by molar-refractivity contribution is 5.75. The van der Waals surface area contributed by atoms with Crippen LogP contribution >= 0.6 is 0 Å². The number of fused-ring (bicyclic) bond motifs is 2. The van der Waals surface area contributed by atoms with Crippen LogP contribution in [0.3, 0.4) is 0 Å². The Morgan fingerprint density at radius 1 is 1.07 bits per heavy atom. The molecule has 13 heteroatoms. The van der Waals surface area contributed by atoms with Gasteiger partial charge in [0.15, 0.2) is 12.6 Å². The van der Waals surface area contributed by atoms with Crippen LogP contribution < -0.4 is 14.4 Å². The van der Waals surface area contributed by atoms with Gasteiger partial charge in [0.2, 0.25) is 5.88 Å². The number of aromatic nitrogens is 4. The average molecular weight is 599 g/mol. The van der Waals surface area contributed by atoms with Crippen molar-refractivity contribution in [1.29, 1.82) is 0 Å². The zero-order valence-electron chi connectivity index (χ0n) is 25.1. The molecular weight excluding hydrogens is 562 g/mol. The van der Waals surface area contributed by atoms with Crippen molar-refractivity contribution in [2.75, 3.05) is 33.0 Å². The summed E-state index contributed by atoms with van der Waals surface area (Å²) in [6.07, 6.45) is 1.02. The number of piperidine rings is 1. The van der Waals surface area contributed by atoms with E-state index in [1.54, 1.807) is 39.1 Å². The molecule has 5 rings (SSSR count). The molecule has 3 atom stereocenters. The first-order chi connectivity index (χ1) is 20.4. The second-order valence-electron chi connectivity index (χ2n) is 11.8. The quantitative estimate of drug-likeness (QED) is 0.321. The summed E-state index contributed by atoms with van der Waals surface area (Å²) in [4.78, 5) is 15.9. The number of rotatable bonds is 8. The summed E-state index contributed by atoms with van der Waals surface area (Å²) in [5, 5.41) is 16.8. The van der Waals surface area contributed by atoms with E-state index in [1.165, 1.54) is 19.1 Å². The van der Waals surface area contributed by atoms with Crippen LogP contribution in [0.1, 0.15) is 40.0 Å². The van der Waals surface area contributed by atoms with Crippen LogP contribution in [0.2, 0.25) is 0 Å². The predicted octanol–water partition coefficient (Wildman–Crippen LogP) is 5.20. The molecule has 0 saturated carbocycles. The lowest BCUT2D eigenvalue weighted by atomic mass is 9.96. The fourth-order valence-corrected chi connectivity index (χ4v) is 5.67. The molecule has 4 heterocycles. The number of hydrogen-bond donors (Lipinski definition) is 0. The molecule has 2 aliphatic rings. The summed E-state index contributed by atoms with van der Waals surface area (Å²) in [5.41, 5.74) is 2.11. The molecule has 2 aliphatic heterocycles. The first-order valence-corrected chi connectivity index (χ1v) is 14.0. The Morgan fingerprint density at radius 3 is 2.51 bits per heavy atom. The summed E-state index contributed by atoms with van der Waals surface area (Å²) in [6, 6.07) is 8.88. The minimum absolute atomic E-state index is 0.0254. The number of carbonyl (C=O) groups is 1. The molecule has 1 aromatic carbocycles. The summed E-state index contributed by atoms with van der Waals surface area (Å²) in [5.74, 6) is -1.54. The van der Waals surface area contributed by atoms with E-state index in [-0.39, 0.29) is 25.7 Å². The highest BCUT2D eigenvalue weighted by Gasteiger charge is 2.60. The van der Waals surface area contributed by atoms with Gasteiger partial charge in [-0.25, -0.2) is 13.6 Å². The van der Waals surface area contributed by atoms with Gasteiger partial charge in [0, 0.05) is 49.9 Å². The maximum absolute atomic E-state index is 15.0. The molecule has 0 spiro atoms. The van der Waals surface area contributed by atoms with Crippen molar-refractivity contribution in [1.82, 2.24) is 25.3 Å². The number of nitrogens with zero attached hydrogens (tertiary/aromatic N) is 6. The summed E-state index contributed by atoms with van der Waals surface area (Å²) in [7, 11) is 4.87. The van der Waals surface area contributed by atoms with Gasteiger partial charge in [-0.15, -0.1) is 15.3 Å². The van der Waals surface area contributed by atoms with Crippen LogP contribution in [0.4, 0.5) is 19.4 Å². The molecule has 230 valence electrons. The molecule has 2 saturated heterocycles. The number of alkyl halides is 2. The van der Waals surface area contributed by atoms with Gasteiger partial charge in [-0.1, -0.05) is 6.07 Å². The normalized spacial score (nSPS) is 20.9. The first kappa shape index (κ1) is 30.3. The van der Waals surface area contributed by atoms with Crippen molar-refractivity contribution >= 4 is 11.9 Å². The van der Waals surface area contributed by atoms with Crippen molar-refractivity contribution in [3.05, 3.63) is 42.6 Å². The molecule has 1 amide bonds. The van der Waals surface area contributed by atoms with E-state index < -0.39 is 29.7 Å². The highest BCUT2D eigenvalue weighted by Crippen LogP contribution is 2.47. The van der Waals surface area contributed by atoms with Gasteiger partial charge in [-0.05, 0) is 63.4 Å². The van der Waals surface area contributed by atoms with Crippen LogP contribution in [0.25, 0.3) is 22.4 Å². The topological polar surface area (TPSA) is 112 Å². The van der Waals surface area contributed by atoms with Crippen molar-refractivity contribution < 1.29 is 32.5 Å². The number of halogens is 2. The van der Waals surface area contributed by atoms with Gasteiger partial charge in [0.25, 0.3) is 5.92 Å². The van der Waals surface area contributed by atoms with Gasteiger partial charge < -0.3 is 23.8 Å². The monoisotopic (exact) mass is 598 g/mol. The predicted molar refractivity (Wildman–Crippen MR) is 154 cm³/mol. The molecular formula is C30H36F2N6O5. The molecule has 0 aliphatic carbocycles. The third kappa shape index (κ3) is 6.46. The second-order valence-corrected chi connectivity index (χ2v) is 11.8. The van der Waals surface area contributed by atoms with E-state index in [9.17, 15) is 13.6 Å². The summed E-state index contributed by atoms with van der Waals surface area (Å²) >= 11 is 0. The third-order valence-corrected chi connectivity index (χ3v) is 7.69. The zero-order valence-corrected chi connectivity index (χ0v) is 25.1. The minimum Gasteiger partial charge on any atom is -0.480 e. The molecule has 2 fully saturated rings. The highest BCUT2D eigenvalue weighted by atomic mass is 19.3. The van der Waals surface area contributed by atoms with E-state index >= 15 is 0 Å². The molecule has 3 aromatic rings. The van der Waals surface area contributed by atoms with Crippen LogP contribution in [-0.4, -0.2) is 89.1 Å². The molecule has 11 nitrogen and oxygen atoms in total. The van der Waals surface area contributed by atoms with Gasteiger partial charge in [0.05, 0.1) is 19.0 Å². The zero-order chi connectivity index (χ0) is 30.9. The fourth-order valence-electron chi connectivity index (χ4n) is 5.67. The third-order valence-electron chi connectivity index (χ3n) is 7.69. The van der Waals surface area contributed by atoms with Gasteiger partial charge in [-0.2, -0.15) is 5.10 Å². The molecule has 2 bridgehead atoms. The van der Waals surface area contributed by atoms with Crippen molar-refractivity contribution in [3.63, 3.8) is 0 Å². The molecule has 0 unspecified atom stereocenters. The summed E-state index contributed by atoms with van der Waals surface area (Å²) < 4.78 is 51.6. The Kier molecular flexibility index (Phi) is 8.37. The van der Waals surface area contributed by atoms with Crippen LogP contribution in [0, 0.1) is 0 Å². The van der Waals surface area contributed by atoms with Gasteiger partial charge in [-0.3, -0.25) is 4.90 Å². The lowest BCUT2D eigenvalue weighted by molar-refractivity contribution is -0.0492. The fraction of sp³-hybridized carbons (Fsp3) is 0.500. The van der Waals surface area contributed by atoms with Gasteiger partial charge >= 0.3 is 6.09 Å². The molecule has 0 N–H and O–H groups in total. The number of amides is 1. The number of methoxy groups -OCH3 is 2. The second kappa shape index (κ2) is 11.9. The van der Waals surface area contributed by atoms with Crippen LogP contribution in [-0.2, 0) is 9.47 Å². The van der Waals surface area contributed by atoms with Gasteiger partial charge in [0.1, 0.15) is 17.4 Å². The standard InChI is InChI=1S/C30H36F2N6O5/c1-29(2,3)43-28(39)38-21-13-20(14-25(38)30(31,32)15-21)37(4)26-10-9-23(34-35-26)22-8-7-18(11-24(22)42-17-40-5)19-12-27(41-6)36-33-16-19/h7-12,16,20-21,25H,13-15,17H2,1-6H3/t20-,21+,25-/m1/s1. The lowest BCUT2D eigenvalue weighted by Crippen LogP contribution is -2.55.